The summed E-state index contributed by atoms with van der Waals surface area (Å²) in [7, 11) is -3.61. The monoisotopic (exact) mass is 296 g/mol. The number of nitrogens with zero attached hydrogens (tertiary/aromatic N) is 1. The van der Waals surface area contributed by atoms with Crippen LogP contribution in [0.2, 0.25) is 5.02 Å². The second kappa shape index (κ2) is 5.69. The first-order chi connectivity index (χ1) is 8.99. The lowest BCUT2D eigenvalue weighted by molar-refractivity contribution is 0.563. The van der Waals surface area contributed by atoms with Crippen molar-refractivity contribution >= 4 is 21.6 Å². The van der Waals surface area contributed by atoms with Gasteiger partial charge in [0.2, 0.25) is 0 Å². The fourth-order valence-electron chi connectivity index (χ4n) is 1.62. The zero-order valence-electron chi connectivity index (χ0n) is 10.2. The molecular formula is C13H13ClN2O2S. The van der Waals surface area contributed by atoms with Crippen molar-refractivity contribution in [2.45, 2.75) is 18.0 Å². The highest BCUT2D eigenvalue weighted by molar-refractivity contribution is 7.89. The summed E-state index contributed by atoms with van der Waals surface area (Å²) in [5.74, 6) is 0. The smallest absolute Gasteiger partial charge is 0.243 e. The van der Waals surface area contributed by atoms with Crippen LogP contribution in [0.15, 0.2) is 53.7 Å². The summed E-state index contributed by atoms with van der Waals surface area (Å²) in [4.78, 5) is 3.84. The van der Waals surface area contributed by atoms with Gasteiger partial charge in [-0.05, 0) is 36.8 Å². The van der Waals surface area contributed by atoms with E-state index in [4.69, 9.17) is 11.6 Å². The third-order valence-electron chi connectivity index (χ3n) is 2.62. The maximum absolute atomic E-state index is 12.1. The Kier molecular flexibility index (Phi) is 4.19. The van der Waals surface area contributed by atoms with Crippen LogP contribution in [0.4, 0.5) is 0 Å². The minimum absolute atomic E-state index is 0.0100. The van der Waals surface area contributed by atoms with Crippen LogP contribution in [0.3, 0.4) is 0 Å². The van der Waals surface area contributed by atoms with Crippen LogP contribution in [-0.2, 0) is 10.0 Å². The molecule has 2 rings (SSSR count). The van der Waals surface area contributed by atoms with E-state index in [0.29, 0.717) is 5.02 Å². The Morgan fingerprint density at radius 1 is 1.16 bits per heavy atom. The van der Waals surface area contributed by atoms with E-state index in [0.717, 1.165) is 5.56 Å². The molecule has 1 aromatic heterocycles. The lowest BCUT2D eigenvalue weighted by Gasteiger charge is -2.14. The van der Waals surface area contributed by atoms with E-state index in [2.05, 4.69) is 9.71 Å². The van der Waals surface area contributed by atoms with Crippen LogP contribution in [0, 0.1) is 0 Å². The molecule has 0 bridgehead atoms. The molecule has 1 unspecified atom stereocenters. The summed E-state index contributed by atoms with van der Waals surface area (Å²) >= 11 is 5.80. The Bertz CT molecular complexity index is 642. The van der Waals surface area contributed by atoms with E-state index in [1.54, 1.807) is 43.3 Å². The molecule has 1 N–H and O–H groups in total. The second-order valence-electron chi connectivity index (χ2n) is 4.06. The van der Waals surface area contributed by atoms with Crippen LogP contribution in [-0.4, -0.2) is 13.4 Å². The van der Waals surface area contributed by atoms with E-state index in [1.807, 2.05) is 0 Å². The fraction of sp³-hybridized carbons (Fsp3) is 0.154. The number of halogens is 1. The van der Waals surface area contributed by atoms with E-state index >= 15 is 0 Å². The SMILES string of the molecule is CC(NS(=O)(=O)c1ccccn1)c1ccc(Cl)cc1. The zero-order valence-corrected chi connectivity index (χ0v) is 11.8. The Hall–Kier alpha value is -1.43. The highest BCUT2D eigenvalue weighted by Crippen LogP contribution is 2.18. The van der Waals surface area contributed by atoms with Gasteiger partial charge in [0, 0.05) is 17.3 Å². The number of hydrogen-bond acceptors (Lipinski definition) is 3. The topological polar surface area (TPSA) is 59.1 Å². The summed E-state index contributed by atoms with van der Waals surface area (Å²) in [6, 6.07) is 11.4. The van der Waals surface area contributed by atoms with Crippen molar-refractivity contribution in [2.75, 3.05) is 0 Å². The number of aromatic nitrogens is 1. The molecular weight excluding hydrogens is 284 g/mol. The van der Waals surface area contributed by atoms with Gasteiger partial charge in [0.15, 0.2) is 5.03 Å². The number of nitrogens with one attached hydrogen (secondary N) is 1. The quantitative estimate of drug-likeness (QED) is 0.944. The Labute approximate surface area is 117 Å². The standard InChI is InChI=1S/C13H13ClN2O2S/c1-10(11-5-7-12(14)8-6-11)16-19(17,18)13-4-2-3-9-15-13/h2-10,16H,1H3. The van der Waals surface area contributed by atoms with Crippen molar-refractivity contribution in [2.24, 2.45) is 0 Å². The van der Waals surface area contributed by atoms with Crippen LogP contribution in [0.25, 0.3) is 0 Å². The van der Waals surface area contributed by atoms with Gasteiger partial charge in [0.25, 0.3) is 10.0 Å². The summed E-state index contributed by atoms with van der Waals surface area (Å²) in [6.45, 7) is 1.77. The molecule has 1 heterocycles. The molecule has 0 radical (unpaired) electrons. The number of hydrogen-bond donors (Lipinski definition) is 1. The van der Waals surface area contributed by atoms with Crippen LogP contribution in [0.1, 0.15) is 18.5 Å². The Balaban J connectivity index is 2.19. The molecule has 0 saturated carbocycles. The number of benzene rings is 1. The zero-order chi connectivity index (χ0) is 13.9. The van der Waals surface area contributed by atoms with Crippen molar-refractivity contribution < 1.29 is 8.42 Å². The normalized spacial score (nSPS) is 13.2. The highest BCUT2D eigenvalue weighted by atomic mass is 35.5. The van der Waals surface area contributed by atoms with Crippen LogP contribution >= 0.6 is 11.6 Å². The van der Waals surface area contributed by atoms with Gasteiger partial charge in [-0.3, -0.25) is 0 Å². The summed E-state index contributed by atoms with van der Waals surface area (Å²) in [5, 5.41) is 0.624. The van der Waals surface area contributed by atoms with Gasteiger partial charge < -0.3 is 0 Å². The third-order valence-corrected chi connectivity index (χ3v) is 4.32. The first-order valence-corrected chi connectivity index (χ1v) is 7.54. The molecule has 4 nitrogen and oxygen atoms in total. The molecule has 0 aliphatic rings. The maximum Gasteiger partial charge on any atom is 0.258 e. The molecule has 0 amide bonds. The molecule has 1 aromatic carbocycles. The minimum atomic E-state index is -3.61. The van der Waals surface area contributed by atoms with Gasteiger partial charge >= 0.3 is 0 Å². The van der Waals surface area contributed by atoms with Crippen molar-refractivity contribution in [3.05, 3.63) is 59.2 Å². The molecule has 0 spiro atoms. The second-order valence-corrected chi connectivity index (χ2v) is 6.16. The van der Waals surface area contributed by atoms with Gasteiger partial charge in [-0.1, -0.05) is 29.8 Å². The average molecular weight is 297 g/mol. The van der Waals surface area contributed by atoms with Crippen LogP contribution in [0.5, 0.6) is 0 Å². The van der Waals surface area contributed by atoms with Gasteiger partial charge in [-0.2, -0.15) is 0 Å². The van der Waals surface area contributed by atoms with Crippen molar-refractivity contribution in [3.8, 4) is 0 Å². The van der Waals surface area contributed by atoms with Gasteiger partial charge in [0.05, 0.1) is 0 Å². The number of rotatable bonds is 4. The number of pyridine rings is 1. The molecule has 0 fully saturated rings. The molecule has 100 valence electrons. The molecule has 1 atom stereocenters. The maximum atomic E-state index is 12.1. The molecule has 2 aromatic rings. The predicted molar refractivity (Wildman–Crippen MR) is 74.4 cm³/mol. The summed E-state index contributed by atoms with van der Waals surface area (Å²) in [5.41, 5.74) is 0.837. The van der Waals surface area contributed by atoms with Gasteiger partial charge in [-0.25, -0.2) is 18.1 Å². The minimum Gasteiger partial charge on any atom is -0.243 e. The highest BCUT2D eigenvalue weighted by Gasteiger charge is 2.19. The van der Waals surface area contributed by atoms with Crippen molar-refractivity contribution in [1.82, 2.24) is 9.71 Å². The Morgan fingerprint density at radius 3 is 2.42 bits per heavy atom. The fourth-order valence-corrected chi connectivity index (χ4v) is 2.92. The lowest BCUT2D eigenvalue weighted by Crippen LogP contribution is -2.27. The van der Waals surface area contributed by atoms with E-state index in [-0.39, 0.29) is 11.1 Å². The lowest BCUT2D eigenvalue weighted by atomic mass is 10.1. The molecule has 0 saturated heterocycles. The van der Waals surface area contributed by atoms with Gasteiger partial charge in [-0.15, -0.1) is 0 Å². The Morgan fingerprint density at radius 2 is 1.84 bits per heavy atom. The molecule has 19 heavy (non-hydrogen) atoms. The summed E-state index contributed by atoms with van der Waals surface area (Å²) in [6.07, 6.45) is 1.45. The average Bonchev–Trinajstić information content (AvgIpc) is 2.40. The van der Waals surface area contributed by atoms with Crippen molar-refractivity contribution in [3.63, 3.8) is 0 Å². The van der Waals surface area contributed by atoms with E-state index < -0.39 is 10.0 Å². The van der Waals surface area contributed by atoms with Crippen LogP contribution < -0.4 is 4.72 Å². The third kappa shape index (κ3) is 3.53. The molecule has 0 aliphatic carbocycles. The molecule has 6 heteroatoms. The molecule has 0 aliphatic heterocycles. The number of sulfonamides is 1. The summed E-state index contributed by atoms with van der Waals surface area (Å²) < 4.78 is 26.7. The van der Waals surface area contributed by atoms with Crippen molar-refractivity contribution in [1.29, 1.82) is 0 Å². The first kappa shape index (κ1) is 14.0. The predicted octanol–water partition coefficient (Wildman–Crippen LogP) is 2.77. The largest absolute Gasteiger partial charge is 0.258 e. The van der Waals surface area contributed by atoms with E-state index in [1.165, 1.54) is 12.3 Å². The van der Waals surface area contributed by atoms with E-state index in [9.17, 15) is 8.42 Å². The first-order valence-electron chi connectivity index (χ1n) is 5.68. The van der Waals surface area contributed by atoms with Gasteiger partial charge in [0.1, 0.15) is 0 Å².